The highest BCUT2D eigenvalue weighted by molar-refractivity contribution is 5.92. The van der Waals surface area contributed by atoms with Crippen molar-refractivity contribution in [2.24, 2.45) is 11.7 Å². The van der Waals surface area contributed by atoms with E-state index in [0.29, 0.717) is 12.5 Å². The first-order valence-corrected chi connectivity index (χ1v) is 7.51. The number of rotatable bonds is 4. The second-order valence-corrected chi connectivity index (χ2v) is 5.57. The Morgan fingerprint density at radius 1 is 1.36 bits per heavy atom. The third kappa shape index (κ3) is 3.26. The summed E-state index contributed by atoms with van der Waals surface area (Å²) in [4.78, 5) is 18.0. The number of aromatic nitrogens is 2. The Labute approximate surface area is 130 Å². The van der Waals surface area contributed by atoms with Gasteiger partial charge in [-0.15, -0.1) is 0 Å². The van der Waals surface area contributed by atoms with Crippen molar-refractivity contribution in [2.75, 3.05) is 19.6 Å². The van der Waals surface area contributed by atoms with Crippen molar-refractivity contribution in [2.45, 2.75) is 6.42 Å². The molecule has 114 valence electrons. The predicted molar refractivity (Wildman–Crippen MR) is 86.3 cm³/mol. The van der Waals surface area contributed by atoms with Crippen molar-refractivity contribution in [3.8, 4) is 5.69 Å². The van der Waals surface area contributed by atoms with E-state index in [-0.39, 0.29) is 5.91 Å². The van der Waals surface area contributed by atoms with Gasteiger partial charge in [0, 0.05) is 37.2 Å². The summed E-state index contributed by atoms with van der Waals surface area (Å²) in [5.41, 5.74) is 7.71. The fourth-order valence-electron chi connectivity index (χ4n) is 2.67. The lowest BCUT2D eigenvalue weighted by Crippen LogP contribution is -2.28. The molecule has 1 unspecified atom stereocenters. The molecule has 1 saturated heterocycles. The minimum absolute atomic E-state index is 0.0645. The largest absolute Gasteiger partial charge is 0.339 e. The van der Waals surface area contributed by atoms with E-state index in [4.69, 9.17) is 5.73 Å². The van der Waals surface area contributed by atoms with Crippen LogP contribution in [0.5, 0.6) is 0 Å². The number of hydrogen-bond donors (Lipinski definition) is 1. The van der Waals surface area contributed by atoms with Gasteiger partial charge in [-0.2, -0.15) is 0 Å². The first-order chi connectivity index (χ1) is 10.8. The van der Waals surface area contributed by atoms with Crippen LogP contribution in [0.4, 0.5) is 0 Å². The zero-order valence-electron chi connectivity index (χ0n) is 12.4. The van der Waals surface area contributed by atoms with E-state index in [0.717, 1.165) is 30.8 Å². The number of benzene rings is 1. The van der Waals surface area contributed by atoms with Crippen LogP contribution in [0.2, 0.25) is 0 Å². The monoisotopic (exact) mass is 296 g/mol. The van der Waals surface area contributed by atoms with Gasteiger partial charge in [0.2, 0.25) is 5.91 Å². The maximum absolute atomic E-state index is 12.1. The van der Waals surface area contributed by atoms with Crippen LogP contribution in [0.1, 0.15) is 12.0 Å². The summed E-state index contributed by atoms with van der Waals surface area (Å²) in [6, 6.07) is 8.00. The molecule has 1 fully saturated rings. The Balaban J connectivity index is 1.62. The second kappa shape index (κ2) is 6.58. The molecular formula is C17H20N4O. The van der Waals surface area contributed by atoms with Gasteiger partial charge < -0.3 is 15.2 Å². The standard InChI is InChI=1S/C17H20N4O/c18-11-15-7-9-20(12-15)17(22)6-3-14-1-4-16(5-2-14)21-10-8-19-13-21/h1-6,8,10,13,15H,7,9,11-12,18H2/b6-3+. The molecule has 5 nitrogen and oxygen atoms in total. The van der Waals surface area contributed by atoms with Crippen LogP contribution in [0.15, 0.2) is 49.1 Å². The Bertz CT molecular complexity index is 646. The lowest BCUT2D eigenvalue weighted by atomic mass is 10.1. The molecule has 1 amide bonds. The van der Waals surface area contributed by atoms with Gasteiger partial charge in [0.15, 0.2) is 0 Å². The summed E-state index contributed by atoms with van der Waals surface area (Å²) < 4.78 is 1.94. The minimum Gasteiger partial charge on any atom is -0.339 e. The normalized spacial score (nSPS) is 18.2. The van der Waals surface area contributed by atoms with Crippen LogP contribution in [0.25, 0.3) is 11.8 Å². The zero-order valence-corrected chi connectivity index (χ0v) is 12.4. The van der Waals surface area contributed by atoms with Gasteiger partial charge in [0.25, 0.3) is 0 Å². The van der Waals surface area contributed by atoms with Crippen molar-refractivity contribution in [3.63, 3.8) is 0 Å². The molecule has 22 heavy (non-hydrogen) atoms. The van der Waals surface area contributed by atoms with E-state index in [1.165, 1.54) is 0 Å². The number of carbonyl (C=O) groups excluding carboxylic acids is 1. The topological polar surface area (TPSA) is 64.2 Å². The molecule has 1 aromatic heterocycles. The smallest absolute Gasteiger partial charge is 0.246 e. The van der Waals surface area contributed by atoms with E-state index in [9.17, 15) is 4.79 Å². The lowest BCUT2D eigenvalue weighted by molar-refractivity contribution is -0.125. The van der Waals surface area contributed by atoms with E-state index in [1.54, 1.807) is 18.6 Å². The van der Waals surface area contributed by atoms with E-state index in [2.05, 4.69) is 4.98 Å². The highest BCUT2D eigenvalue weighted by Crippen LogP contribution is 2.16. The molecule has 0 spiro atoms. The van der Waals surface area contributed by atoms with Crippen LogP contribution < -0.4 is 5.73 Å². The minimum atomic E-state index is 0.0645. The average Bonchev–Trinajstić information content (AvgIpc) is 3.24. The van der Waals surface area contributed by atoms with Crippen molar-refractivity contribution in [1.82, 2.24) is 14.5 Å². The number of carbonyl (C=O) groups is 1. The third-order valence-electron chi connectivity index (χ3n) is 4.04. The van der Waals surface area contributed by atoms with Gasteiger partial charge in [-0.3, -0.25) is 4.79 Å². The van der Waals surface area contributed by atoms with Crippen LogP contribution in [-0.4, -0.2) is 40.0 Å². The third-order valence-corrected chi connectivity index (χ3v) is 4.04. The van der Waals surface area contributed by atoms with Crippen molar-refractivity contribution in [1.29, 1.82) is 0 Å². The molecule has 1 atom stereocenters. The van der Waals surface area contributed by atoms with E-state index in [1.807, 2.05) is 46.0 Å². The van der Waals surface area contributed by atoms with E-state index < -0.39 is 0 Å². The maximum atomic E-state index is 12.1. The Hall–Kier alpha value is -2.40. The van der Waals surface area contributed by atoms with Gasteiger partial charge in [0.1, 0.15) is 0 Å². The van der Waals surface area contributed by atoms with Crippen LogP contribution in [0, 0.1) is 5.92 Å². The SMILES string of the molecule is NCC1CCN(C(=O)/C=C/c2ccc(-n3ccnc3)cc2)C1. The number of likely N-dealkylation sites (tertiary alicyclic amines) is 1. The molecule has 1 aliphatic rings. The van der Waals surface area contributed by atoms with Crippen LogP contribution >= 0.6 is 0 Å². The molecule has 0 saturated carbocycles. The maximum Gasteiger partial charge on any atom is 0.246 e. The number of amides is 1. The first-order valence-electron chi connectivity index (χ1n) is 7.51. The molecule has 1 aliphatic heterocycles. The van der Waals surface area contributed by atoms with Gasteiger partial charge in [-0.25, -0.2) is 4.98 Å². The van der Waals surface area contributed by atoms with Gasteiger partial charge in [-0.05, 0) is 42.7 Å². The highest BCUT2D eigenvalue weighted by Gasteiger charge is 2.23. The first kappa shape index (κ1) is 14.5. The molecule has 2 heterocycles. The average molecular weight is 296 g/mol. The van der Waals surface area contributed by atoms with E-state index >= 15 is 0 Å². The quantitative estimate of drug-likeness (QED) is 0.873. The summed E-state index contributed by atoms with van der Waals surface area (Å²) >= 11 is 0. The van der Waals surface area contributed by atoms with Crippen molar-refractivity contribution in [3.05, 3.63) is 54.6 Å². The Morgan fingerprint density at radius 3 is 2.82 bits per heavy atom. The van der Waals surface area contributed by atoms with Crippen LogP contribution in [0.3, 0.4) is 0 Å². The van der Waals surface area contributed by atoms with Crippen molar-refractivity contribution >= 4 is 12.0 Å². The van der Waals surface area contributed by atoms with Gasteiger partial charge >= 0.3 is 0 Å². The number of nitrogens with zero attached hydrogens (tertiary/aromatic N) is 3. The summed E-state index contributed by atoms with van der Waals surface area (Å²) in [6.45, 7) is 2.24. The molecule has 0 bridgehead atoms. The molecule has 2 aromatic rings. The van der Waals surface area contributed by atoms with Gasteiger partial charge in [-0.1, -0.05) is 12.1 Å². The van der Waals surface area contributed by atoms with Crippen molar-refractivity contribution < 1.29 is 4.79 Å². The van der Waals surface area contributed by atoms with Crippen LogP contribution in [-0.2, 0) is 4.79 Å². The molecule has 0 aliphatic carbocycles. The number of imidazole rings is 1. The number of nitrogens with two attached hydrogens (primary N) is 1. The Kier molecular flexibility index (Phi) is 4.34. The molecule has 1 aromatic carbocycles. The highest BCUT2D eigenvalue weighted by atomic mass is 16.2. The summed E-state index contributed by atoms with van der Waals surface area (Å²) in [5.74, 6) is 0.515. The number of hydrogen-bond acceptors (Lipinski definition) is 3. The summed E-state index contributed by atoms with van der Waals surface area (Å²) in [7, 11) is 0. The fraction of sp³-hybridized carbons (Fsp3) is 0.294. The zero-order chi connectivity index (χ0) is 15.4. The molecule has 0 radical (unpaired) electrons. The summed E-state index contributed by atoms with van der Waals surface area (Å²) in [6.07, 6.45) is 9.92. The molecule has 2 N–H and O–H groups in total. The molecule has 5 heteroatoms. The molecular weight excluding hydrogens is 276 g/mol. The lowest BCUT2D eigenvalue weighted by Gasteiger charge is -2.13. The fourth-order valence-corrected chi connectivity index (χ4v) is 2.67. The predicted octanol–water partition coefficient (Wildman–Crippen LogP) is 1.69. The molecule has 3 rings (SSSR count). The Morgan fingerprint density at radius 2 is 2.18 bits per heavy atom. The van der Waals surface area contributed by atoms with Gasteiger partial charge in [0.05, 0.1) is 6.33 Å². The second-order valence-electron chi connectivity index (χ2n) is 5.57. The summed E-state index contributed by atoms with van der Waals surface area (Å²) in [5, 5.41) is 0.